The van der Waals surface area contributed by atoms with Crippen LogP contribution in [0.15, 0.2) is 0 Å². The standard InChI is InChI=1S/C13H20N4OS/c1-7-4-5-17(6-10(7)18)13-11(12(14)19)8(2)9(3)15-16-13/h7,10,18H,4-6H2,1-3H3,(H2,14,19). The summed E-state index contributed by atoms with van der Waals surface area (Å²) in [6.45, 7) is 7.29. The maximum atomic E-state index is 10.0. The number of hydrogen-bond donors (Lipinski definition) is 2. The Bertz CT molecular complexity index is 506. The lowest BCUT2D eigenvalue weighted by molar-refractivity contribution is 0.102. The van der Waals surface area contributed by atoms with Gasteiger partial charge in [-0.15, -0.1) is 5.10 Å². The molecule has 0 aliphatic carbocycles. The average Bonchev–Trinajstić information content (AvgIpc) is 2.35. The molecule has 2 atom stereocenters. The minimum atomic E-state index is -0.351. The molecule has 2 unspecified atom stereocenters. The van der Waals surface area contributed by atoms with E-state index in [0.717, 1.165) is 29.8 Å². The topological polar surface area (TPSA) is 75.3 Å². The summed E-state index contributed by atoms with van der Waals surface area (Å²) in [6.07, 6.45) is 0.573. The number of aliphatic hydroxyl groups excluding tert-OH is 1. The van der Waals surface area contributed by atoms with Crippen molar-refractivity contribution in [3.8, 4) is 0 Å². The molecule has 1 aromatic heterocycles. The molecule has 2 heterocycles. The van der Waals surface area contributed by atoms with Crippen LogP contribution in [0.25, 0.3) is 0 Å². The van der Waals surface area contributed by atoms with Gasteiger partial charge in [0, 0.05) is 13.1 Å². The highest BCUT2D eigenvalue weighted by atomic mass is 32.1. The minimum Gasteiger partial charge on any atom is -0.391 e. The molecule has 0 saturated carbocycles. The summed E-state index contributed by atoms with van der Waals surface area (Å²) < 4.78 is 0. The zero-order chi connectivity index (χ0) is 14.2. The van der Waals surface area contributed by atoms with Gasteiger partial charge >= 0.3 is 0 Å². The number of aryl methyl sites for hydroxylation is 1. The van der Waals surface area contributed by atoms with E-state index < -0.39 is 0 Å². The number of anilines is 1. The Labute approximate surface area is 118 Å². The van der Waals surface area contributed by atoms with Gasteiger partial charge in [0.25, 0.3) is 0 Å². The van der Waals surface area contributed by atoms with Crippen molar-refractivity contribution >= 4 is 23.0 Å². The molecule has 0 radical (unpaired) electrons. The fourth-order valence-corrected chi connectivity index (χ4v) is 2.60. The lowest BCUT2D eigenvalue weighted by Gasteiger charge is -2.35. The first kappa shape index (κ1) is 14.1. The van der Waals surface area contributed by atoms with E-state index >= 15 is 0 Å². The number of aromatic nitrogens is 2. The molecule has 1 aliphatic heterocycles. The molecule has 1 saturated heterocycles. The number of nitrogens with two attached hydrogens (primary N) is 1. The van der Waals surface area contributed by atoms with Gasteiger partial charge < -0.3 is 15.7 Å². The second-order valence-electron chi connectivity index (χ2n) is 5.25. The molecular formula is C13H20N4OS. The smallest absolute Gasteiger partial charge is 0.161 e. The molecule has 19 heavy (non-hydrogen) atoms. The molecule has 104 valence electrons. The maximum absolute atomic E-state index is 10.0. The van der Waals surface area contributed by atoms with Crippen LogP contribution < -0.4 is 10.6 Å². The molecule has 0 amide bonds. The summed E-state index contributed by atoms with van der Waals surface area (Å²) in [5, 5.41) is 18.4. The largest absolute Gasteiger partial charge is 0.391 e. The van der Waals surface area contributed by atoms with Gasteiger partial charge in [-0.1, -0.05) is 19.1 Å². The van der Waals surface area contributed by atoms with Gasteiger partial charge in [-0.3, -0.25) is 0 Å². The third-order valence-corrected chi connectivity index (χ3v) is 4.10. The zero-order valence-electron chi connectivity index (χ0n) is 11.6. The maximum Gasteiger partial charge on any atom is 0.161 e. The Kier molecular flexibility index (Phi) is 4.01. The number of piperidine rings is 1. The first-order valence-electron chi connectivity index (χ1n) is 6.48. The van der Waals surface area contributed by atoms with Crippen LogP contribution in [0.1, 0.15) is 30.2 Å². The summed E-state index contributed by atoms with van der Waals surface area (Å²) in [4.78, 5) is 2.36. The molecule has 3 N–H and O–H groups in total. The van der Waals surface area contributed by atoms with Crippen LogP contribution in [-0.4, -0.2) is 39.5 Å². The zero-order valence-corrected chi connectivity index (χ0v) is 12.4. The number of hydrogen-bond acceptors (Lipinski definition) is 5. The third-order valence-electron chi connectivity index (χ3n) is 3.90. The molecule has 0 aromatic carbocycles. The van der Waals surface area contributed by atoms with E-state index in [1.807, 2.05) is 18.7 Å². The molecule has 1 aliphatic rings. The van der Waals surface area contributed by atoms with E-state index in [1.165, 1.54) is 0 Å². The van der Waals surface area contributed by atoms with Crippen LogP contribution in [0.3, 0.4) is 0 Å². The highest BCUT2D eigenvalue weighted by Crippen LogP contribution is 2.26. The highest BCUT2D eigenvalue weighted by molar-refractivity contribution is 7.80. The van der Waals surface area contributed by atoms with Crippen molar-refractivity contribution in [3.63, 3.8) is 0 Å². The molecule has 1 aromatic rings. The predicted molar refractivity (Wildman–Crippen MR) is 79.4 cm³/mol. The van der Waals surface area contributed by atoms with Gasteiger partial charge in [-0.2, -0.15) is 5.10 Å². The average molecular weight is 280 g/mol. The summed E-state index contributed by atoms with van der Waals surface area (Å²) >= 11 is 5.14. The van der Waals surface area contributed by atoms with E-state index in [-0.39, 0.29) is 6.10 Å². The molecule has 6 heteroatoms. The highest BCUT2D eigenvalue weighted by Gasteiger charge is 2.28. The SMILES string of the molecule is Cc1nnc(N2CCC(C)C(O)C2)c(C(N)=S)c1C. The summed E-state index contributed by atoms with van der Waals surface area (Å²) in [6, 6.07) is 0. The van der Waals surface area contributed by atoms with Crippen molar-refractivity contribution in [3.05, 3.63) is 16.8 Å². The number of β-amino-alcohol motifs (C(OH)–C–C–N with tert-alkyl or cyclic N) is 1. The van der Waals surface area contributed by atoms with E-state index in [2.05, 4.69) is 17.1 Å². The Morgan fingerprint density at radius 3 is 2.68 bits per heavy atom. The van der Waals surface area contributed by atoms with Gasteiger partial charge in [0.05, 0.1) is 17.4 Å². The lowest BCUT2D eigenvalue weighted by atomic mass is 9.95. The molecule has 0 bridgehead atoms. The quantitative estimate of drug-likeness (QED) is 0.785. The lowest BCUT2D eigenvalue weighted by Crippen LogP contribution is -2.44. The Morgan fingerprint density at radius 2 is 2.11 bits per heavy atom. The van der Waals surface area contributed by atoms with Gasteiger partial charge in [-0.05, 0) is 31.7 Å². The Morgan fingerprint density at radius 1 is 1.42 bits per heavy atom. The predicted octanol–water partition coefficient (Wildman–Crippen LogP) is 0.935. The van der Waals surface area contributed by atoms with Crippen LogP contribution in [0, 0.1) is 19.8 Å². The summed E-state index contributed by atoms with van der Waals surface area (Å²) in [5.74, 6) is 1.01. The fourth-order valence-electron chi connectivity index (χ4n) is 2.35. The van der Waals surface area contributed by atoms with Crippen LogP contribution >= 0.6 is 12.2 Å². The normalized spacial score (nSPS) is 23.5. The first-order chi connectivity index (χ1) is 8.91. The van der Waals surface area contributed by atoms with Crippen LogP contribution in [0.4, 0.5) is 5.82 Å². The van der Waals surface area contributed by atoms with Gasteiger partial charge in [-0.25, -0.2) is 0 Å². The van der Waals surface area contributed by atoms with Crippen molar-refractivity contribution in [1.29, 1.82) is 0 Å². The van der Waals surface area contributed by atoms with Crippen molar-refractivity contribution in [2.45, 2.75) is 33.3 Å². The van der Waals surface area contributed by atoms with Crippen LogP contribution in [0.5, 0.6) is 0 Å². The first-order valence-corrected chi connectivity index (χ1v) is 6.89. The molecule has 5 nitrogen and oxygen atoms in total. The number of nitrogens with zero attached hydrogens (tertiary/aromatic N) is 3. The fraction of sp³-hybridized carbons (Fsp3) is 0.615. The van der Waals surface area contributed by atoms with Crippen molar-refractivity contribution in [1.82, 2.24) is 10.2 Å². The number of aliphatic hydroxyl groups is 1. The molecule has 1 fully saturated rings. The number of rotatable bonds is 2. The Hall–Kier alpha value is -1.27. The molecular weight excluding hydrogens is 260 g/mol. The van der Waals surface area contributed by atoms with E-state index in [0.29, 0.717) is 23.3 Å². The van der Waals surface area contributed by atoms with E-state index in [4.69, 9.17) is 18.0 Å². The van der Waals surface area contributed by atoms with Crippen molar-refractivity contribution in [2.75, 3.05) is 18.0 Å². The monoisotopic (exact) mass is 280 g/mol. The Balaban J connectivity index is 2.40. The molecule has 2 rings (SSSR count). The van der Waals surface area contributed by atoms with E-state index in [9.17, 15) is 5.11 Å². The number of thiocarbonyl (C=S) groups is 1. The van der Waals surface area contributed by atoms with Crippen LogP contribution in [0.2, 0.25) is 0 Å². The molecule has 0 spiro atoms. The van der Waals surface area contributed by atoms with Gasteiger partial charge in [0.15, 0.2) is 5.82 Å². The summed E-state index contributed by atoms with van der Waals surface area (Å²) in [5.41, 5.74) is 8.40. The van der Waals surface area contributed by atoms with Gasteiger partial charge in [0.2, 0.25) is 0 Å². The second kappa shape index (κ2) is 5.38. The third kappa shape index (κ3) is 2.69. The second-order valence-corrected chi connectivity index (χ2v) is 5.69. The summed E-state index contributed by atoms with van der Waals surface area (Å²) in [7, 11) is 0. The van der Waals surface area contributed by atoms with Gasteiger partial charge in [0.1, 0.15) is 4.99 Å². The van der Waals surface area contributed by atoms with E-state index in [1.54, 1.807) is 0 Å². The van der Waals surface area contributed by atoms with Crippen molar-refractivity contribution < 1.29 is 5.11 Å². The van der Waals surface area contributed by atoms with Crippen molar-refractivity contribution in [2.24, 2.45) is 11.7 Å². The minimum absolute atomic E-state index is 0.309. The van der Waals surface area contributed by atoms with Crippen LogP contribution in [-0.2, 0) is 0 Å².